The summed E-state index contributed by atoms with van der Waals surface area (Å²) in [7, 11) is 0.419. The Morgan fingerprint density at radius 3 is 2.43 bits per heavy atom. The normalized spacial score (nSPS) is 12.2. The molecule has 0 spiro atoms. The van der Waals surface area contributed by atoms with E-state index >= 15 is 0 Å². The fourth-order valence-corrected chi connectivity index (χ4v) is 4.39. The molecule has 0 N–H and O–H groups in total. The summed E-state index contributed by atoms with van der Waals surface area (Å²) in [5.41, 5.74) is 0.934. The van der Waals surface area contributed by atoms with Crippen LogP contribution in [0.15, 0.2) is 46.2 Å². The Bertz CT molecular complexity index is 640. The van der Waals surface area contributed by atoms with Crippen LogP contribution in [-0.2, 0) is 16.6 Å². The molecule has 0 saturated heterocycles. The number of thiophene rings is 1. The zero-order valence-electron chi connectivity index (χ0n) is 12.1. The van der Waals surface area contributed by atoms with Crippen LogP contribution >= 0.6 is 11.3 Å². The number of pyridine rings is 1. The van der Waals surface area contributed by atoms with E-state index < -0.39 is 10.0 Å². The van der Waals surface area contributed by atoms with Crippen LogP contribution in [0.3, 0.4) is 0 Å². The van der Waals surface area contributed by atoms with Crippen molar-refractivity contribution in [3.8, 4) is 0 Å². The highest BCUT2D eigenvalue weighted by molar-refractivity contribution is 7.91. The average molecular weight is 325 g/mol. The summed E-state index contributed by atoms with van der Waals surface area (Å²) in [4.78, 5) is 5.94. The lowest BCUT2D eigenvalue weighted by atomic mass is 10.3. The second-order valence-electron chi connectivity index (χ2n) is 4.93. The van der Waals surface area contributed by atoms with Gasteiger partial charge in [-0.1, -0.05) is 6.07 Å². The van der Waals surface area contributed by atoms with Crippen LogP contribution in [0.25, 0.3) is 0 Å². The van der Waals surface area contributed by atoms with Crippen molar-refractivity contribution in [2.45, 2.75) is 10.8 Å². The van der Waals surface area contributed by atoms with Gasteiger partial charge in [0.2, 0.25) is 0 Å². The van der Waals surface area contributed by atoms with Gasteiger partial charge in [-0.25, -0.2) is 8.42 Å². The van der Waals surface area contributed by atoms with Gasteiger partial charge in [0, 0.05) is 32.0 Å². The van der Waals surface area contributed by atoms with Gasteiger partial charge in [-0.05, 0) is 43.2 Å². The number of hydrogen-bond acceptors (Lipinski definition) is 5. The third-order valence-electron chi connectivity index (χ3n) is 2.99. The number of nitrogens with zero attached hydrogens (tertiary/aromatic N) is 3. The molecule has 0 radical (unpaired) electrons. The Morgan fingerprint density at radius 1 is 1.14 bits per heavy atom. The molecule has 21 heavy (non-hydrogen) atoms. The van der Waals surface area contributed by atoms with Crippen LogP contribution in [-0.4, -0.2) is 49.8 Å². The van der Waals surface area contributed by atoms with Crippen LogP contribution in [0.2, 0.25) is 0 Å². The van der Waals surface area contributed by atoms with E-state index in [2.05, 4.69) is 4.98 Å². The summed E-state index contributed by atoms with van der Waals surface area (Å²) < 4.78 is 27.3. The molecule has 5 nitrogen and oxygen atoms in total. The van der Waals surface area contributed by atoms with Crippen molar-refractivity contribution in [3.05, 3.63) is 47.6 Å². The summed E-state index contributed by atoms with van der Waals surface area (Å²) in [5.74, 6) is 0. The van der Waals surface area contributed by atoms with Gasteiger partial charge in [-0.15, -0.1) is 11.3 Å². The van der Waals surface area contributed by atoms with Crippen molar-refractivity contribution in [1.82, 2.24) is 14.2 Å². The molecule has 114 valence electrons. The molecule has 2 aromatic rings. The first-order valence-electron chi connectivity index (χ1n) is 6.57. The third kappa shape index (κ3) is 4.34. The van der Waals surface area contributed by atoms with E-state index in [1.165, 1.54) is 15.6 Å². The molecular weight excluding hydrogens is 306 g/mol. The lowest BCUT2D eigenvalue weighted by Crippen LogP contribution is -2.35. The minimum atomic E-state index is -3.45. The Kier molecular flexibility index (Phi) is 5.46. The maximum absolute atomic E-state index is 12.7. The van der Waals surface area contributed by atoms with E-state index in [0.717, 1.165) is 5.56 Å². The zero-order chi connectivity index (χ0) is 15.3. The molecule has 0 bridgehead atoms. The first-order chi connectivity index (χ1) is 10.00. The second kappa shape index (κ2) is 7.13. The standard InChI is InChI=1S/C14H19N3O2S2/c1-16(2)9-10-17(12-13-5-7-15-8-6-13)21(18,19)14-4-3-11-20-14/h3-8,11H,9-10,12H2,1-2H3. The Labute approximate surface area is 129 Å². The fraction of sp³-hybridized carbons (Fsp3) is 0.357. The van der Waals surface area contributed by atoms with Gasteiger partial charge in [0.25, 0.3) is 10.0 Å². The summed E-state index contributed by atoms with van der Waals surface area (Å²) in [5, 5.41) is 1.78. The van der Waals surface area contributed by atoms with Crippen molar-refractivity contribution in [2.75, 3.05) is 27.2 Å². The SMILES string of the molecule is CN(C)CCN(Cc1ccncc1)S(=O)(=O)c1cccs1. The molecule has 0 fully saturated rings. The highest BCUT2D eigenvalue weighted by Gasteiger charge is 2.25. The minimum Gasteiger partial charge on any atom is -0.308 e. The van der Waals surface area contributed by atoms with E-state index in [0.29, 0.717) is 23.8 Å². The zero-order valence-corrected chi connectivity index (χ0v) is 13.8. The first kappa shape index (κ1) is 16.1. The number of aromatic nitrogens is 1. The van der Waals surface area contributed by atoms with Gasteiger partial charge < -0.3 is 4.90 Å². The minimum absolute atomic E-state index is 0.358. The average Bonchev–Trinajstić information content (AvgIpc) is 2.99. The third-order valence-corrected chi connectivity index (χ3v) is 6.21. The van der Waals surface area contributed by atoms with E-state index in [9.17, 15) is 8.42 Å². The Balaban J connectivity index is 2.23. The molecule has 0 amide bonds. The van der Waals surface area contributed by atoms with Crippen LogP contribution in [0.1, 0.15) is 5.56 Å². The van der Waals surface area contributed by atoms with Crippen molar-refractivity contribution in [2.24, 2.45) is 0 Å². The van der Waals surface area contributed by atoms with Gasteiger partial charge in [-0.3, -0.25) is 4.98 Å². The predicted molar refractivity (Wildman–Crippen MR) is 84.7 cm³/mol. The van der Waals surface area contributed by atoms with Gasteiger partial charge in [0.1, 0.15) is 4.21 Å². The molecule has 0 saturated carbocycles. The lowest BCUT2D eigenvalue weighted by molar-refractivity contribution is 0.329. The lowest BCUT2D eigenvalue weighted by Gasteiger charge is -2.23. The van der Waals surface area contributed by atoms with Gasteiger partial charge >= 0.3 is 0 Å². The molecule has 0 aliphatic rings. The quantitative estimate of drug-likeness (QED) is 0.780. The maximum atomic E-state index is 12.7. The monoisotopic (exact) mass is 325 g/mol. The Morgan fingerprint density at radius 2 is 1.86 bits per heavy atom. The van der Waals surface area contributed by atoms with Gasteiger partial charge in [-0.2, -0.15) is 4.31 Å². The number of rotatable bonds is 7. The van der Waals surface area contributed by atoms with Crippen molar-refractivity contribution in [1.29, 1.82) is 0 Å². The molecule has 2 rings (SSSR count). The van der Waals surface area contributed by atoms with E-state index in [-0.39, 0.29) is 0 Å². The van der Waals surface area contributed by atoms with Crippen LogP contribution in [0.4, 0.5) is 0 Å². The van der Waals surface area contributed by atoms with Crippen molar-refractivity contribution >= 4 is 21.4 Å². The molecular formula is C14H19N3O2S2. The second-order valence-corrected chi connectivity index (χ2v) is 8.04. The number of hydrogen-bond donors (Lipinski definition) is 0. The van der Waals surface area contributed by atoms with Crippen molar-refractivity contribution < 1.29 is 8.42 Å². The molecule has 0 unspecified atom stereocenters. The maximum Gasteiger partial charge on any atom is 0.252 e. The summed E-state index contributed by atoms with van der Waals surface area (Å²) >= 11 is 1.25. The molecule has 0 atom stereocenters. The molecule has 0 aromatic carbocycles. The largest absolute Gasteiger partial charge is 0.308 e. The Hall–Kier alpha value is -1.28. The highest BCUT2D eigenvalue weighted by Crippen LogP contribution is 2.22. The molecule has 2 heterocycles. The predicted octanol–water partition coefficient (Wildman–Crippen LogP) is 1.90. The van der Waals surface area contributed by atoms with E-state index in [1.807, 2.05) is 31.1 Å². The smallest absolute Gasteiger partial charge is 0.252 e. The van der Waals surface area contributed by atoms with Gasteiger partial charge in [0.15, 0.2) is 0 Å². The van der Waals surface area contributed by atoms with Crippen LogP contribution in [0, 0.1) is 0 Å². The van der Waals surface area contributed by atoms with Crippen LogP contribution in [0.5, 0.6) is 0 Å². The van der Waals surface area contributed by atoms with Crippen LogP contribution < -0.4 is 0 Å². The fourth-order valence-electron chi connectivity index (χ4n) is 1.83. The topological polar surface area (TPSA) is 53.5 Å². The summed E-state index contributed by atoms with van der Waals surface area (Å²) in [6.07, 6.45) is 3.36. The number of likely N-dealkylation sites (N-methyl/N-ethyl adjacent to an activating group) is 1. The molecule has 0 aliphatic carbocycles. The number of sulfonamides is 1. The van der Waals surface area contributed by atoms with Crippen molar-refractivity contribution in [3.63, 3.8) is 0 Å². The first-order valence-corrected chi connectivity index (χ1v) is 8.89. The molecule has 0 aliphatic heterocycles. The van der Waals surface area contributed by atoms with E-state index in [1.54, 1.807) is 29.9 Å². The van der Waals surface area contributed by atoms with Gasteiger partial charge in [0.05, 0.1) is 0 Å². The summed E-state index contributed by atoms with van der Waals surface area (Å²) in [6.45, 7) is 1.49. The highest BCUT2D eigenvalue weighted by atomic mass is 32.2. The summed E-state index contributed by atoms with van der Waals surface area (Å²) in [6, 6.07) is 7.09. The molecule has 2 aromatic heterocycles. The van der Waals surface area contributed by atoms with E-state index in [4.69, 9.17) is 0 Å². The molecule has 7 heteroatoms.